The largest absolute Gasteiger partial charge is 0.354 e. The van der Waals surface area contributed by atoms with Crippen molar-refractivity contribution in [3.05, 3.63) is 18.5 Å². The molecule has 3 heterocycles. The van der Waals surface area contributed by atoms with Crippen LogP contribution in [0.1, 0.15) is 32.1 Å². The van der Waals surface area contributed by atoms with E-state index >= 15 is 0 Å². The lowest BCUT2D eigenvalue weighted by Gasteiger charge is -2.36. The fraction of sp³-hybridized carbons (Fsp3) is 0.667. The van der Waals surface area contributed by atoms with E-state index in [1.54, 1.807) is 6.20 Å². The molecule has 4 rings (SSSR count). The smallest absolute Gasteiger partial charge is 0.181 e. The second-order valence-electron chi connectivity index (χ2n) is 7.28. The molecule has 1 saturated carbocycles. The first-order chi connectivity index (χ1) is 11.8. The quantitative estimate of drug-likeness (QED) is 0.848. The number of halogens is 2. The van der Waals surface area contributed by atoms with Gasteiger partial charge in [-0.05, 0) is 44.6 Å². The number of aromatic nitrogens is 2. The molecule has 8 heteroatoms. The minimum absolute atomic E-state index is 0. The molecule has 1 aliphatic heterocycles. The molecule has 2 fully saturated rings. The van der Waals surface area contributed by atoms with E-state index in [9.17, 15) is 0 Å². The van der Waals surface area contributed by atoms with Crippen LogP contribution in [0.5, 0.6) is 0 Å². The maximum Gasteiger partial charge on any atom is 0.181 e. The summed E-state index contributed by atoms with van der Waals surface area (Å²) in [5.74, 6) is 1.83. The van der Waals surface area contributed by atoms with Gasteiger partial charge in [-0.3, -0.25) is 9.88 Å². The summed E-state index contributed by atoms with van der Waals surface area (Å²) in [6.45, 7) is 5.43. The Morgan fingerprint density at radius 3 is 2.54 bits per heavy atom. The molecule has 26 heavy (non-hydrogen) atoms. The highest BCUT2D eigenvalue weighted by Gasteiger charge is 2.23. The molecule has 0 atom stereocenters. The first kappa shape index (κ1) is 21.2. The normalized spacial score (nSPS) is 24.1. The summed E-state index contributed by atoms with van der Waals surface area (Å²) in [6.07, 6.45) is 9.98. The summed E-state index contributed by atoms with van der Waals surface area (Å²) in [5.41, 5.74) is 6.82. The zero-order valence-corrected chi connectivity index (χ0v) is 16.7. The molecule has 2 aromatic rings. The van der Waals surface area contributed by atoms with Gasteiger partial charge in [0.25, 0.3) is 0 Å². The van der Waals surface area contributed by atoms with Crippen LogP contribution in [0.3, 0.4) is 0 Å². The molecule has 0 aromatic carbocycles. The Labute approximate surface area is 167 Å². The minimum Gasteiger partial charge on any atom is -0.354 e. The third-order valence-corrected chi connectivity index (χ3v) is 5.67. The number of nitrogens with zero attached hydrogens (tertiary/aromatic N) is 4. The Morgan fingerprint density at radius 1 is 1.08 bits per heavy atom. The van der Waals surface area contributed by atoms with Gasteiger partial charge >= 0.3 is 0 Å². The molecule has 2 aromatic heterocycles. The van der Waals surface area contributed by atoms with Gasteiger partial charge in [-0.2, -0.15) is 0 Å². The zero-order valence-electron chi connectivity index (χ0n) is 15.0. The Morgan fingerprint density at radius 2 is 1.81 bits per heavy atom. The number of piperazine rings is 1. The number of pyridine rings is 1. The Balaban J connectivity index is 0.00000121. The number of hydrogen-bond acceptors (Lipinski definition) is 6. The third kappa shape index (κ3) is 4.80. The maximum absolute atomic E-state index is 6.00. The summed E-state index contributed by atoms with van der Waals surface area (Å²) in [7, 11) is 0. The number of fused-ring (bicyclic) bond motifs is 1. The predicted molar refractivity (Wildman–Crippen MR) is 110 cm³/mol. The van der Waals surface area contributed by atoms with E-state index in [-0.39, 0.29) is 24.8 Å². The van der Waals surface area contributed by atoms with E-state index < -0.39 is 0 Å². The van der Waals surface area contributed by atoms with E-state index in [0.717, 1.165) is 48.9 Å². The van der Waals surface area contributed by atoms with E-state index in [4.69, 9.17) is 10.3 Å². The minimum atomic E-state index is 0. The standard InChI is InChI=1S/C18H27N5O.2ClH/c19-15-3-1-14(2-4-15)6-8-22-9-11-23(12-10-22)18-16-13-20-7-5-17(16)24-21-18;;/h5,7,13-15H,1-4,6,8-12,19H2;2*1H/t14-,15-;;. The van der Waals surface area contributed by atoms with Crippen molar-refractivity contribution in [2.75, 3.05) is 37.6 Å². The van der Waals surface area contributed by atoms with Crippen molar-refractivity contribution in [3.8, 4) is 0 Å². The first-order valence-corrected chi connectivity index (χ1v) is 9.22. The Kier molecular flexibility index (Phi) is 7.95. The SMILES string of the molecule is Cl.Cl.N[C@H]1CC[C@H](CCN2CCN(c3noc4ccncc34)CC2)CC1. The van der Waals surface area contributed by atoms with Crippen LogP contribution < -0.4 is 10.6 Å². The number of rotatable bonds is 4. The fourth-order valence-corrected chi connectivity index (χ4v) is 4.02. The lowest BCUT2D eigenvalue weighted by atomic mass is 9.84. The molecular weight excluding hydrogens is 373 g/mol. The molecule has 1 aliphatic carbocycles. The Hall–Kier alpha value is -1.08. The lowest BCUT2D eigenvalue weighted by molar-refractivity contribution is 0.216. The molecule has 146 valence electrons. The Bertz CT molecular complexity index is 666. The van der Waals surface area contributed by atoms with Crippen LogP contribution >= 0.6 is 24.8 Å². The van der Waals surface area contributed by atoms with Crippen molar-refractivity contribution >= 4 is 41.6 Å². The highest BCUT2D eigenvalue weighted by atomic mass is 35.5. The molecule has 0 radical (unpaired) electrons. The molecule has 1 saturated heterocycles. The van der Waals surface area contributed by atoms with Crippen LogP contribution in [0.25, 0.3) is 11.0 Å². The number of nitrogens with two attached hydrogens (primary N) is 1. The van der Waals surface area contributed by atoms with Gasteiger partial charge in [0.05, 0.1) is 5.39 Å². The molecular formula is C18H29Cl2N5O. The molecule has 0 spiro atoms. The lowest BCUT2D eigenvalue weighted by Crippen LogP contribution is -2.47. The van der Waals surface area contributed by atoms with Crippen molar-refractivity contribution in [1.82, 2.24) is 15.0 Å². The number of anilines is 1. The van der Waals surface area contributed by atoms with E-state index in [2.05, 4.69) is 19.9 Å². The van der Waals surface area contributed by atoms with E-state index in [1.165, 1.54) is 38.6 Å². The maximum atomic E-state index is 6.00. The van der Waals surface area contributed by atoms with Crippen molar-refractivity contribution in [1.29, 1.82) is 0 Å². The van der Waals surface area contributed by atoms with Crippen LogP contribution in [0.15, 0.2) is 23.0 Å². The van der Waals surface area contributed by atoms with Gasteiger partial charge in [0.1, 0.15) is 0 Å². The van der Waals surface area contributed by atoms with Gasteiger partial charge in [-0.25, -0.2) is 0 Å². The van der Waals surface area contributed by atoms with Crippen molar-refractivity contribution < 1.29 is 4.52 Å². The monoisotopic (exact) mass is 401 g/mol. The molecule has 6 nitrogen and oxygen atoms in total. The summed E-state index contributed by atoms with van der Waals surface area (Å²) >= 11 is 0. The van der Waals surface area contributed by atoms with Crippen LogP contribution in [-0.2, 0) is 0 Å². The van der Waals surface area contributed by atoms with Crippen LogP contribution in [0.4, 0.5) is 5.82 Å². The van der Waals surface area contributed by atoms with Gasteiger partial charge in [-0.15, -0.1) is 24.8 Å². The second kappa shape index (κ2) is 9.74. The number of hydrogen-bond donors (Lipinski definition) is 1. The molecule has 2 N–H and O–H groups in total. The predicted octanol–water partition coefficient (Wildman–Crippen LogP) is 3.10. The van der Waals surface area contributed by atoms with Crippen molar-refractivity contribution in [3.63, 3.8) is 0 Å². The van der Waals surface area contributed by atoms with Crippen LogP contribution in [0.2, 0.25) is 0 Å². The summed E-state index contributed by atoms with van der Waals surface area (Å²) in [4.78, 5) is 9.11. The summed E-state index contributed by atoms with van der Waals surface area (Å²) in [5, 5.41) is 5.27. The molecule has 2 aliphatic rings. The van der Waals surface area contributed by atoms with E-state index in [0.29, 0.717) is 6.04 Å². The topological polar surface area (TPSA) is 71.4 Å². The first-order valence-electron chi connectivity index (χ1n) is 9.22. The zero-order chi connectivity index (χ0) is 16.4. The average molecular weight is 402 g/mol. The highest BCUT2D eigenvalue weighted by Crippen LogP contribution is 2.27. The summed E-state index contributed by atoms with van der Waals surface area (Å²) in [6, 6.07) is 2.33. The van der Waals surface area contributed by atoms with Crippen LogP contribution in [0, 0.1) is 5.92 Å². The van der Waals surface area contributed by atoms with Gasteiger partial charge in [0, 0.05) is 50.7 Å². The van der Waals surface area contributed by atoms with Gasteiger partial charge in [0.15, 0.2) is 11.4 Å². The molecule has 0 amide bonds. The van der Waals surface area contributed by atoms with Gasteiger partial charge in [0.2, 0.25) is 0 Å². The van der Waals surface area contributed by atoms with Gasteiger partial charge in [-0.1, -0.05) is 5.16 Å². The second-order valence-corrected chi connectivity index (χ2v) is 7.28. The molecule has 0 unspecified atom stereocenters. The average Bonchev–Trinajstić information content (AvgIpc) is 3.06. The van der Waals surface area contributed by atoms with E-state index in [1.807, 2.05) is 12.3 Å². The summed E-state index contributed by atoms with van der Waals surface area (Å²) < 4.78 is 5.41. The third-order valence-electron chi connectivity index (χ3n) is 5.67. The molecule has 0 bridgehead atoms. The van der Waals surface area contributed by atoms with Crippen molar-refractivity contribution in [2.24, 2.45) is 11.7 Å². The van der Waals surface area contributed by atoms with Crippen molar-refractivity contribution in [2.45, 2.75) is 38.1 Å². The highest BCUT2D eigenvalue weighted by molar-refractivity contribution is 5.87. The van der Waals surface area contributed by atoms with Gasteiger partial charge < -0.3 is 15.2 Å². The van der Waals surface area contributed by atoms with Crippen LogP contribution in [-0.4, -0.2) is 53.8 Å². The fourth-order valence-electron chi connectivity index (χ4n) is 4.02.